The van der Waals surface area contributed by atoms with E-state index in [-0.39, 0.29) is 41.4 Å². The van der Waals surface area contributed by atoms with Gasteiger partial charge in [0.1, 0.15) is 6.10 Å². The molecule has 2 aliphatic heterocycles. The fraction of sp³-hybridized carbons (Fsp3) is 0.933. The summed E-state index contributed by atoms with van der Waals surface area (Å²) in [7, 11) is 1.46. The molecule has 6 nitrogen and oxygen atoms in total. The normalized spacial score (nSPS) is 56.2. The highest BCUT2D eigenvalue weighted by atomic mass is 79.9. The van der Waals surface area contributed by atoms with Crippen molar-refractivity contribution in [3.8, 4) is 0 Å². The van der Waals surface area contributed by atoms with E-state index in [9.17, 15) is 9.59 Å². The molecule has 0 N–H and O–H groups in total. The summed E-state index contributed by atoms with van der Waals surface area (Å²) in [5.41, 5.74) is 0.526. The van der Waals surface area contributed by atoms with Crippen LogP contribution in [0.1, 0.15) is 86.0 Å². The summed E-state index contributed by atoms with van der Waals surface area (Å²) in [6, 6.07) is 0. The highest BCUT2D eigenvalue weighted by Crippen LogP contribution is 2.73. The summed E-state index contributed by atoms with van der Waals surface area (Å²) in [5.74, 6) is 1.79. The lowest BCUT2D eigenvalue weighted by atomic mass is 9.44. The highest BCUT2D eigenvalue weighted by molar-refractivity contribution is 9.10. The van der Waals surface area contributed by atoms with Gasteiger partial charge in [-0.05, 0) is 91.8 Å². The van der Waals surface area contributed by atoms with Crippen LogP contribution in [0.15, 0.2) is 0 Å². The average molecular weight is 582 g/mol. The summed E-state index contributed by atoms with van der Waals surface area (Å²) < 4.78 is 23.4. The predicted octanol–water partition coefficient (Wildman–Crippen LogP) is 5.89. The minimum absolute atomic E-state index is 0.0297. The zero-order valence-corrected chi connectivity index (χ0v) is 25.0. The molecule has 0 radical (unpaired) electrons. The number of halogens is 1. The van der Waals surface area contributed by atoms with Crippen molar-refractivity contribution in [2.24, 2.45) is 52.3 Å². The van der Waals surface area contributed by atoms with Gasteiger partial charge in [-0.15, -0.1) is 0 Å². The van der Waals surface area contributed by atoms with Crippen LogP contribution in [0.2, 0.25) is 0 Å². The summed E-state index contributed by atoms with van der Waals surface area (Å²) in [5, 5.41) is 0. The van der Waals surface area contributed by atoms with Crippen molar-refractivity contribution in [3.63, 3.8) is 0 Å². The molecular formula is C30H45BrO6. The van der Waals surface area contributed by atoms with Crippen LogP contribution in [-0.4, -0.2) is 48.0 Å². The third-order valence-electron chi connectivity index (χ3n) is 12.7. The average Bonchev–Trinajstić information content (AvgIpc) is 3.41. The molecule has 1 spiro atoms. The molecule has 0 aromatic heterocycles. The number of carbonyl (C=O) groups excluding carboxylic acids is 2. The molecule has 2 saturated heterocycles. The Balaban J connectivity index is 1.25. The second kappa shape index (κ2) is 8.67. The first kappa shape index (κ1) is 26.6. The number of rotatable bonds is 2. The van der Waals surface area contributed by atoms with E-state index >= 15 is 0 Å². The molecule has 6 fully saturated rings. The lowest BCUT2D eigenvalue weighted by Gasteiger charge is -2.61. The topological polar surface area (TPSA) is 71.1 Å². The maximum Gasteiger partial charge on any atom is 0.328 e. The van der Waals surface area contributed by atoms with E-state index in [1.54, 1.807) is 6.92 Å². The number of alkyl halides is 1. The van der Waals surface area contributed by atoms with Crippen LogP contribution in [0.25, 0.3) is 0 Å². The lowest BCUT2D eigenvalue weighted by Crippen LogP contribution is -2.60. The number of methoxy groups -OCH3 is 1. The molecular weight excluding hydrogens is 536 g/mol. The molecule has 4 saturated carbocycles. The van der Waals surface area contributed by atoms with Gasteiger partial charge in [0.2, 0.25) is 0 Å². The van der Waals surface area contributed by atoms with E-state index in [1.807, 2.05) is 0 Å². The maximum atomic E-state index is 13.1. The number of carbonyl (C=O) groups is 2. The van der Waals surface area contributed by atoms with Crippen molar-refractivity contribution in [2.45, 2.75) is 108 Å². The first-order chi connectivity index (χ1) is 17.4. The van der Waals surface area contributed by atoms with Gasteiger partial charge >= 0.3 is 11.9 Å². The second-order valence-corrected chi connectivity index (χ2v) is 15.2. The molecule has 2 heterocycles. The Morgan fingerprint density at radius 2 is 1.70 bits per heavy atom. The van der Waals surface area contributed by atoms with Crippen LogP contribution in [-0.2, 0) is 28.5 Å². The quantitative estimate of drug-likeness (QED) is 0.299. The van der Waals surface area contributed by atoms with E-state index in [0.29, 0.717) is 29.8 Å². The van der Waals surface area contributed by atoms with Crippen molar-refractivity contribution in [2.75, 3.05) is 13.7 Å². The molecule has 37 heavy (non-hydrogen) atoms. The second-order valence-electron chi connectivity index (χ2n) is 14.0. The zero-order valence-electron chi connectivity index (χ0n) is 23.4. The van der Waals surface area contributed by atoms with Crippen LogP contribution in [0, 0.1) is 52.3 Å². The van der Waals surface area contributed by atoms with Gasteiger partial charge in [0.15, 0.2) is 10.1 Å². The number of ether oxygens (including phenoxy) is 4. The van der Waals surface area contributed by atoms with Crippen LogP contribution >= 0.6 is 15.9 Å². The third-order valence-corrected chi connectivity index (χ3v) is 14.4. The van der Waals surface area contributed by atoms with Crippen LogP contribution in [0.3, 0.4) is 0 Å². The van der Waals surface area contributed by atoms with E-state index < -0.39 is 10.1 Å². The summed E-state index contributed by atoms with van der Waals surface area (Å²) >= 11 is 3.84. The molecule has 0 aromatic carbocycles. The largest absolute Gasteiger partial charge is 0.468 e. The van der Waals surface area contributed by atoms with Gasteiger partial charge < -0.3 is 18.9 Å². The Morgan fingerprint density at radius 3 is 2.41 bits per heavy atom. The minimum atomic E-state index is -0.978. The zero-order chi connectivity index (χ0) is 26.5. The molecule has 4 aliphatic carbocycles. The van der Waals surface area contributed by atoms with Gasteiger partial charge in [-0.2, -0.15) is 0 Å². The Bertz CT molecular complexity index is 972. The van der Waals surface area contributed by atoms with E-state index in [0.717, 1.165) is 31.1 Å². The Hall–Kier alpha value is -0.660. The summed E-state index contributed by atoms with van der Waals surface area (Å²) in [4.78, 5) is 24.7. The first-order valence-electron chi connectivity index (χ1n) is 14.7. The Morgan fingerprint density at radius 1 is 0.973 bits per heavy atom. The number of esters is 2. The van der Waals surface area contributed by atoms with Crippen molar-refractivity contribution in [3.05, 3.63) is 0 Å². The molecule has 6 aliphatic rings. The monoisotopic (exact) mass is 580 g/mol. The van der Waals surface area contributed by atoms with Gasteiger partial charge in [-0.1, -0.05) is 43.6 Å². The molecule has 7 heteroatoms. The summed E-state index contributed by atoms with van der Waals surface area (Å²) in [6.07, 6.45) is 9.47. The number of hydrogen-bond donors (Lipinski definition) is 0. The fourth-order valence-corrected chi connectivity index (χ4v) is 11.9. The highest BCUT2D eigenvalue weighted by Gasteiger charge is 2.77. The van der Waals surface area contributed by atoms with Gasteiger partial charge in [-0.25, -0.2) is 0 Å². The lowest BCUT2D eigenvalue weighted by molar-refractivity contribution is -0.236. The Labute approximate surface area is 230 Å². The molecule has 0 aromatic rings. The van der Waals surface area contributed by atoms with Crippen molar-refractivity contribution in [1.82, 2.24) is 0 Å². The smallest absolute Gasteiger partial charge is 0.328 e. The Kier molecular flexibility index (Phi) is 6.22. The van der Waals surface area contributed by atoms with Crippen molar-refractivity contribution < 1.29 is 28.5 Å². The first-order valence-corrected chi connectivity index (χ1v) is 15.5. The number of fused-ring (bicyclic) bond motifs is 7. The van der Waals surface area contributed by atoms with Gasteiger partial charge in [0.05, 0.1) is 19.8 Å². The maximum absolute atomic E-state index is 13.1. The third kappa shape index (κ3) is 3.35. The van der Waals surface area contributed by atoms with Gasteiger partial charge in [-0.3, -0.25) is 9.59 Å². The molecule has 6 rings (SSSR count). The minimum Gasteiger partial charge on any atom is -0.468 e. The predicted molar refractivity (Wildman–Crippen MR) is 142 cm³/mol. The van der Waals surface area contributed by atoms with Crippen LogP contribution in [0.5, 0.6) is 0 Å². The van der Waals surface area contributed by atoms with Crippen molar-refractivity contribution in [1.29, 1.82) is 0 Å². The standard InChI is InChI=1S/C30H45BrO6/c1-16-15-35-30(29(16,31)26(33)34-6)17(2)25-24(37-30)14-23-21-8-7-19-13-20(36-18(3)32)9-11-27(19,4)22(21)10-12-28(23,25)5/h16-17,19-25H,7-15H2,1-6H3/t16-,17-,19+,20+,21+,22-,23-,24-,25-,27-,28-,29+,30-/m0/s1. The van der Waals surface area contributed by atoms with Crippen LogP contribution in [0.4, 0.5) is 0 Å². The van der Waals surface area contributed by atoms with Crippen LogP contribution < -0.4 is 0 Å². The number of hydrogen-bond acceptors (Lipinski definition) is 6. The van der Waals surface area contributed by atoms with E-state index in [2.05, 4.69) is 43.6 Å². The molecule has 0 amide bonds. The molecule has 208 valence electrons. The molecule has 0 bridgehead atoms. The van der Waals surface area contributed by atoms with E-state index in [1.165, 1.54) is 39.2 Å². The SMILES string of the molecule is COC(=O)[C@]1(Br)[C@@H](C)CO[C@@]12O[C@H]1C[C@H]3[C@@H]4CC[C@@H]5C[C@H](OC(C)=O)CC[C@]5(C)[C@H]4CC[C@]3(C)[C@H]1[C@@H]2C. The molecule has 13 atom stereocenters. The van der Waals surface area contributed by atoms with Gasteiger partial charge in [0.25, 0.3) is 0 Å². The van der Waals surface area contributed by atoms with Gasteiger partial charge in [0, 0.05) is 18.8 Å². The van der Waals surface area contributed by atoms with E-state index in [4.69, 9.17) is 18.9 Å². The summed E-state index contributed by atoms with van der Waals surface area (Å²) in [6.45, 7) is 11.4. The fourth-order valence-electron chi connectivity index (χ4n) is 11.1. The molecule has 0 unspecified atom stereocenters. The van der Waals surface area contributed by atoms with Crippen molar-refractivity contribution >= 4 is 27.9 Å².